The van der Waals surface area contributed by atoms with Crippen LogP contribution in [-0.4, -0.2) is 9.97 Å². The molecule has 0 spiro atoms. The molecule has 10 aromatic rings. The van der Waals surface area contributed by atoms with Crippen molar-refractivity contribution in [1.82, 2.24) is 9.97 Å². The molecular weight excluding hydrogens is 673 g/mol. The molecule has 8 aromatic carbocycles. The summed E-state index contributed by atoms with van der Waals surface area (Å²) in [5, 5.41) is 2.60. The van der Waals surface area contributed by atoms with Gasteiger partial charge in [-0.25, -0.2) is 9.97 Å². The maximum absolute atomic E-state index is 6.26. The summed E-state index contributed by atoms with van der Waals surface area (Å²) in [6.45, 7) is 4.71. The minimum atomic E-state index is -0.0974. The highest BCUT2D eigenvalue weighted by Crippen LogP contribution is 2.52. The van der Waals surface area contributed by atoms with Crippen LogP contribution >= 0.6 is 0 Å². The lowest BCUT2D eigenvalue weighted by molar-refractivity contribution is 0.617. The van der Waals surface area contributed by atoms with Crippen LogP contribution in [0.3, 0.4) is 0 Å². The number of para-hydroxylation sites is 4. The normalized spacial score (nSPS) is 13.1. The Labute approximate surface area is 318 Å². The zero-order chi connectivity index (χ0) is 36.7. The minimum Gasteiger partial charge on any atom is -0.436 e. The first-order chi connectivity index (χ1) is 27.0. The van der Waals surface area contributed by atoms with Crippen LogP contribution in [0.1, 0.15) is 25.0 Å². The zero-order valence-electron chi connectivity index (χ0n) is 30.4. The van der Waals surface area contributed by atoms with Crippen LogP contribution < -0.4 is 0 Å². The predicted molar refractivity (Wildman–Crippen MR) is 224 cm³/mol. The maximum atomic E-state index is 6.26. The number of nitrogens with zero attached hydrogens (tertiary/aromatic N) is 2. The Bertz CT molecular complexity index is 2990. The first-order valence-corrected chi connectivity index (χ1v) is 18.7. The molecule has 2 aromatic heterocycles. The number of hydrogen-bond donors (Lipinski definition) is 0. The molecule has 55 heavy (non-hydrogen) atoms. The van der Waals surface area contributed by atoms with Gasteiger partial charge in [0.25, 0.3) is 0 Å². The van der Waals surface area contributed by atoms with E-state index in [9.17, 15) is 0 Å². The lowest BCUT2D eigenvalue weighted by atomic mass is 9.81. The number of rotatable bonds is 5. The summed E-state index contributed by atoms with van der Waals surface area (Å²) < 4.78 is 12.5. The first kappa shape index (κ1) is 31.5. The third kappa shape index (κ3) is 5.14. The van der Waals surface area contributed by atoms with Crippen molar-refractivity contribution in [3.8, 4) is 67.4 Å². The van der Waals surface area contributed by atoms with Gasteiger partial charge in [-0.1, -0.05) is 123 Å². The summed E-state index contributed by atoms with van der Waals surface area (Å²) in [6, 6.07) is 60.0. The van der Waals surface area contributed by atoms with Crippen LogP contribution in [0, 0.1) is 0 Å². The van der Waals surface area contributed by atoms with E-state index in [4.69, 9.17) is 18.8 Å². The van der Waals surface area contributed by atoms with Crippen molar-refractivity contribution in [2.24, 2.45) is 0 Å². The highest BCUT2D eigenvalue weighted by molar-refractivity contribution is 6.03. The number of fused-ring (bicyclic) bond motifs is 7. The highest BCUT2D eigenvalue weighted by atomic mass is 16.4. The summed E-state index contributed by atoms with van der Waals surface area (Å²) >= 11 is 0. The Balaban J connectivity index is 0.990. The van der Waals surface area contributed by atoms with Gasteiger partial charge in [-0.15, -0.1) is 0 Å². The summed E-state index contributed by atoms with van der Waals surface area (Å²) in [5.74, 6) is 1.11. The molecule has 0 N–H and O–H groups in total. The molecule has 4 nitrogen and oxygen atoms in total. The molecule has 0 atom stereocenters. The van der Waals surface area contributed by atoms with Crippen LogP contribution in [-0.2, 0) is 5.41 Å². The number of hydrogen-bond acceptors (Lipinski definition) is 4. The van der Waals surface area contributed by atoms with E-state index in [0.29, 0.717) is 11.8 Å². The Kier molecular flexibility index (Phi) is 6.86. The van der Waals surface area contributed by atoms with Crippen molar-refractivity contribution in [1.29, 1.82) is 0 Å². The molecule has 0 saturated heterocycles. The summed E-state index contributed by atoms with van der Waals surface area (Å²) in [4.78, 5) is 9.67. The number of aromatic nitrogens is 2. The molecule has 1 aliphatic carbocycles. The highest BCUT2D eigenvalue weighted by Gasteiger charge is 2.36. The average Bonchev–Trinajstić information content (AvgIpc) is 3.94. The number of benzene rings is 8. The van der Waals surface area contributed by atoms with E-state index in [1.54, 1.807) is 0 Å². The van der Waals surface area contributed by atoms with Gasteiger partial charge in [0.1, 0.15) is 11.0 Å². The van der Waals surface area contributed by atoms with E-state index >= 15 is 0 Å². The molecular formula is C51H34N2O2. The molecule has 0 fully saturated rings. The molecule has 0 amide bonds. The van der Waals surface area contributed by atoms with Gasteiger partial charge in [-0.05, 0) is 127 Å². The van der Waals surface area contributed by atoms with Crippen LogP contribution in [0.5, 0.6) is 0 Å². The van der Waals surface area contributed by atoms with E-state index in [-0.39, 0.29) is 5.41 Å². The topological polar surface area (TPSA) is 52.1 Å². The van der Waals surface area contributed by atoms with Gasteiger partial charge in [-0.3, -0.25) is 0 Å². The van der Waals surface area contributed by atoms with Gasteiger partial charge < -0.3 is 8.83 Å². The van der Waals surface area contributed by atoms with Gasteiger partial charge >= 0.3 is 0 Å². The fourth-order valence-electron chi connectivity index (χ4n) is 8.48. The molecule has 11 rings (SSSR count). The second-order valence-electron chi connectivity index (χ2n) is 15.0. The fraction of sp³-hybridized carbons (Fsp3) is 0.0588. The van der Waals surface area contributed by atoms with Gasteiger partial charge in [-0.2, -0.15) is 0 Å². The van der Waals surface area contributed by atoms with Crippen molar-refractivity contribution < 1.29 is 8.83 Å². The van der Waals surface area contributed by atoms with E-state index in [2.05, 4.69) is 129 Å². The molecule has 0 radical (unpaired) electrons. The van der Waals surface area contributed by atoms with Crippen LogP contribution in [0.4, 0.5) is 0 Å². The van der Waals surface area contributed by atoms with Crippen LogP contribution in [0.25, 0.3) is 100 Å². The van der Waals surface area contributed by atoms with E-state index in [1.807, 2.05) is 54.6 Å². The van der Waals surface area contributed by atoms with Crippen LogP contribution in [0.2, 0.25) is 0 Å². The zero-order valence-corrected chi connectivity index (χ0v) is 30.4. The van der Waals surface area contributed by atoms with Gasteiger partial charge in [0.15, 0.2) is 11.2 Å². The van der Waals surface area contributed by atoms with Crippen molar-refractivity contribution in [2.75, 3.05) is 0 Å². The van der Waals surface area contributed by atoms with E-state index < -0.39 is 0 Å². The lowest BCUT2D eigenvalue weighted by Crippen LogP contribution is -2.15. The van der Waals surface area contributed by atoms with Crippen LogP contribution in [0.15, 0.2) is 179 Å². The maximum Gasteiger partial charge on any atom is 0.227 e. The SMILES string of the molecule is CC1(C)c2cc(-c3cccc(-c4cccc(-c5cc(-c6nc7ccccc7o6)cc(-c6nc7ccccc7o6)c5)c4)c3)ccc2-c2c1ccc1ccccc21. The monoisotopic (exact) mass is 706 g/mol. The average molecular weight is 707 g/mol. The van der Waals surface area contributed by atoms with E-state index in [0.717, 1.165) is 55.6 Å². The third-order valence-electron chi connectivity index (χ3n) is 11.3. The first-order valence-electron chi connectivity index (χ1n) is 18.7. The lowest BCUT2D eigenvalue weighted by Gasteiger charge is -2.22. The largest absolute Gasteiger partial charge is 0.436 e. The number of oxazole rings is 2. The van der Waals surface area contributed by atoms with E-state index in [1.165, 1.54) is 44.2 Å². The second-order valence-corrected chi connectivity index (χ2v) is 15.0. The smallest absolute Gasteiger partial charge is 0.227 e. The Morgan fingerprint density at radius 3 is 1.53 bits per heavy atom. The summed E-state index contributed by atoms with van der Waals surface area (Å²) in [6.07, 6.45) is 0. The Morgan fingerprint density at radius 1 is 0.400 bits per heavy atom. The summed E-state index contributed by atoms with van der Waals surface area (Å²) in [5.41, 5.74) is 17.0. The van der Waals surface area contributed by atoms with Gasteiger partial charge in [0, 0.05) is 16.5 Å². The van der Waals surface area contributed by atoms with Gasteiger partial charge in [0.05, 0.1) is 0 Å². The minimum absolute atomic E-state index is 0.0974. The fourth-order valence-corrected chi connectivity index (χ4v) is 8.48. The Hall–Kier alpha value is -7.04. The molecule has 260 valence electrons. The molecule has 2 heterocycles. The molecule has 0 aliphatic heterocycles. The molecule has 0 unspecified atom stereocenters. The molecule has 0 bridgehead atoms. The summed E-state index contributed by atoms with van der Waals surface area (Å²) in [7, 11) is 0. The van der Waals surface area contributed by atoms with Crippen molar-refractivity contribution in [3.63, 3.8) is 0 Å². The molecule has 1 aliphatic rings. The third-order valence-corrected chi connectivity index (χ3v) is 11.3. The predicted octanol–water partition coefficient (Wildman–Crippen LogP) is 13.8. The van der Waals surface area contributed by atoms with Gasteiger partial charge in [0.2, 0.25) is 11.8 Å². The van der Waals surface area contributed by atoms with Crippen molar-refractivity contribution in [3.05, 3.63) is 181 Å². The molecule has 0 saturated carbocycles. The van der Waals surface area contributed by atoms with Crippen molar-refractivity contribution in [2.45, 2.75) is 19.3 Å². The second kappa shape index (κ2) is 12.0. The standard InChI is InChI=1S/C51H34N2O2/c1-51(2)42-24-22-31-11-3-4-16-40(31)48(42)41-23-21-36(30-43(41)51)34-14-9-12-32(25-34)33-13-10-15-35(26-33)37-27-38(49-52-44-17-5-7-19-46(44)54-49)29-39(28-37)50-53-45-18-6-8-20-47(45)55-50/h3-30H,1-2H3. The molecule has 4 heteroatoms. The quantitative estimate of drug-likeness (QED) is 0.179. The van der Waals surface area contributed by atoms with Crippen molar-refractivity contribution >= 4 is 33.0 Å². The Morgan fingerprint density at radius 2 is 0.909 bits per heavy atom.